The van der Waals surface area contributed by atoms with Crippen LogP contribution < -0.4 is 0 Å². The third-order valence-electron chi connectivity index (χ3n) is 3.85. The molecule has 166 valence electrons. The zero-order chi connectivity index (χ0) is 23.3. The molecule has 29 heavy (non-hydrogen) atoms. The summed E-state index contributed by atoms with van der Waals surface area (Å²) < 4.78 is 143. The second-order valence-corrected chi connectivity index (χ2v) is 6.15. The number of aliphatic hydroxyl groups is 1. The van der Waals surface area contributed by atoms with Crippen molar-refractivity contribution < 1.29 is 58.3 Å². The largest absolute Gasteiger partial charge is 0.460 e. The van der Waals surface area contributed by atoms with Gasteiger partial charge in [0.05, 0.1) is 22.5 Å². The van der Waals surface area contributed by atoms with Gasteiger partial charge in [0, 0.05) is 6.07 Å². The smallest absolute Gasteiger partial charge is 0.385 e. The average molecular weight is 449 g/mol. The molecule has 0 radical (unpaired) electrons. The highest BCUT2D eigenvalue weighted by Gasteiger charge is 2.87. The van der Waals surface area contributed by atoms with Crippen molar-refractivity contribution >= 4 is 5.69 Å². The zero-order valence-electron chi connectivity index (χ0n) is 13.9. The van der Waals surface area contributed by atoms with Crippen molar-refractivity contribution in [3.05, 3.63) is 39.9 Å². The van der Waals surface area contributed by atoms with E-state index in [4.69, 9.17) is 0 Å². The van der Waals surface area contributed by atoms with Crippen molar-refractivity contribution in [3.8, 4) is 0 Å². The monoisotopic (exact) mass is 449 g/mol. The Morgan fingerprint density at radius 3 is 1.72 bits per heavy atom. The van der Waals surface area contributed by atoms with Gasteiger partial charge in [-0.1, -0.05) is 12.1 Å². The predicted octanol–water partition coefficient (Wildman–Crippen LogP) is 5.30. The third-order valence-corrected chi connectivity index (χ3v) is 3.85. The van der Waals surface area contributed by atoms with Gasteiger partial charge in [-0.15, -0.1) is 0 Å². The van der Waals surface area contributed by atoms with Crippen molar-refractivity contribution in [1.82, 2.24) is 0 Å². The molecule has 1 unspecified atom stereocenters. The van der Waals surface area contributed by atoms with Crippen LogP contribution in [0.2, 0.25) is 0 Å². The summed E-state index contributed by atoms with van der Waals surface area (Å²) in [6.07, 6.45) is -10.2. The van der Waals surface area contributed by atoms with E-state index in [9.17, 15) is 63.5 Å². The Labute approximate surface area is 154 Å². The Morgan fingerprint density at radius 1 is 0.862 bits per heavy atom. The van der Waals surface area contributed by atoms with Crippen LogP contribution in [-0.4, -0.2) is 39.9 Å². The lowest BCUT2D eigenvalue weighted by Crippen LogP contribution is -2.67. The van der Waals surface area contributed by atoms with Crippen LogP contribution in [0.4, 0.5) is 54.0 Å². The molecule has 1 aromatic carbocycles. The number of nitro benzene ring substituents is 1. The lowest BCUT2D eigenvalue weighted by molar-refractivity contribution is -0.424. The quantitative estimate of drug-likeness (QED) is 0.349. The first-order chi connectivity index (χ1) is 12.6. The maximum atomic E-state index is 13.9. The summed E-state index contributed by atoms with van der Waals surface area (Å²) in [6, 6.07) is 3.06. The molecular formula is C14H10F11NO3. The number of para-hydroxylation sites is 1. The molecule has 15 heteroatoms. The molecular weight excluding hydrogens is 439 g/mol. The summed E-state index contributed by atoms with van der Waals surface area (Å²) in [5, 5.41) is 20.8. The molecule has 1 aromatic rings. The van der Waals surface area contributed by atoms with Gasteiger partial charge >= 0.3 is 29.9 Å². The molecule has 0 amide bonds. The molecule has 0 aliphatic heterocycles. The molecule has 0 fully saturated rings. The third kappa shape index (κ3) is 3.96. The summed E-state index contributed by atoms with van der Waals surface area (Å²) in [4.78, 5) is 9.59. The van der Waals surface area contributed by atoms with E-state index in [1.165, 1.54) is 0 Å². The Bertz CT molecular complexity index is 774. The van der Waals surface area contributed by atoms with Crippen molar-refractivity contribution in [2.75, 3.05) is 0 Å². The molecule has 0 aliphatic carbocycles. The van der Waals surface area contributed by atoms with Gasteiger partial charge in [0.25, 0.3) is 5.69 Å². The van der Waals surface area contributed by atoms with Gasteiger partial charge in [-0.05, 0) is 13.0 Å². The van der Waals surface area contributed by atoms with Gasteiger partial charge in [-0.2, -0.15) is 48.3 Å². The van der Waals surface area contributed by atoms with E-state index in [2.05, 4.69) is 0 Å². The number of hydrogen-bond acceptors (Lipinski definition) is 3. The number of nitro groups is 1. The first-order valence-corrected chi connectivity index (χ1v) is 7.18. The Hall–Kier alpha value is -2.19. The van der Waals surface area contributed by atoms with Crippen LogP contribution in [0.1, 0.15) is 18.9 Å². The van der Waals surface area contributed by atoms with Crippen molar-refractivity contribution in [3.63, 3.8) is 0 Å². The van der Waals surface area contributed by atoms with Gasteiger partial charge in [0.1, 0.15) is 0 Å². The average Bonchev–Trinajstić information content (AvgIpc) is 2.52. The fraction of sp³-hybridized carbons (Fsp3) is 0.571. The van der Waals surface area contributed by atoms with E-state index in [0.717, 1.165) is 12.1 Å². The van der Waals surface area contributed by atoms with Crippen LogP contribution in [0.3, 0.4) is 0 Å². The number of hydrogen-bond donors (Lipinski definition) is 1. The molecule has 0 bridgehead atoms. The molecule has 0 saturated heterocycles. The Kier molecular flexibility index (Phi) is 5.96. The number of alkyl halides is 11. The van der Waals surface area contributed by atoms with Gasteiger partial charge in [0.15, 0.2) is 0 Å². The number of nitrogens with zero attached hydrogens (tertiary/aromatic N) is 1. The van der Waals surface area contributed by atoms with E-state index < -0.39 is 58.1 Å². The van der Waals surface area contributed by atoms with E-state index in [1.807, 2.05) is 0 Å². The first-order valence-electron chi connectivity index (χ1n) is 7.18. The van der Waals surface area contributed by atoms with Crippen molar-refractivity contribution in [2.24, 2.45) is 0 Å². The minimum Gasteiger partial charge on any atom is -0.385 e. The zero-order valence-corrected chi connectivity index (χ0v) is 13.9. The highest BCUT2D eigenvalue weighted by atomic mass is 19.4. The Balaban J connectivity index is 3.46. The predicted molar refractivity (Wildman–Crippen MR) is 73.1 cm³/mol. The lowest BCUT2D eigenvalue weighted by atomic mass is 9.84. The molecule has 0 heterocycles. The van der Waals surface area contributed by atoms with Crippen LogP contribution in [0, 0.1) is 10.1 Å². The molecule has 1 N–H and O–H groups in total. The first kappa shape index (κ1) is 24.8. The fourth-order valence-corrected chi connectivity index (χ4v) is 2.33. The van der Waals surface area contributed by atoms with Crippen molar-refractivity contribution in [2.45, 2.75) is 48.8 Å². The number of halogens is 11. The van der Waals surface area contributed by atoms with Crippen LogP contribution in [0.15, 0.2) is 24.3 Å². The van der Waals surface area contributed by atoms with Crippen LogP contribution in [0.5, 0.6) is 0 Å². The Morgan fingerprint density at radius 2 is 1.31 bits per heavy atom. The van der Waals surface area contributed by atoms with Gasteiger partial charge in [0.2, 0.25) is 0 Å². The fourth-order valence-electron chi connectivity index (χ4n) is 2.33. The summed E-state index contributed by atoms with van der Waals surface area (Å²) >= 11 is 0. The SMILES string of the molecule is CC(O)(CC(F)(F)C(F)(F)C(F)(F)C(F)(F)C(F)(F)F)c1ccccc1[N+](=O)[O-]. The molecule has 4 nitrogen and oxygen atoms in total. The van der Waals surface area contributed by atoms with E-state index >= 15 is 0 Å². The molecule has 0 saturated carbocycles. The van der Waals surface area contributed by atoms with Crippen LogP contribution in [0.25, 0.3) is 0 Å². The van der Waals surface area contributed by atoms with E-state index in [-0.39, 0.29) is 6.92 Å². The van der Waals surface area contributed by atoms with Gasteiger partial charge in [-0.25, -0.2) is 0 Å². The molecule has 0 spiro atoms. The lowest BCUT2D eigenvalue weighted by Gasteiger charge is -2.39. The van der Waals surface area contributed by atoms with E-state index in [0.29, 0.717) is 12.1 Å². The van der Waals surface area contributed by atoms with Gasteiger partial charge < -0.3 is 5.11 Å². The highest BCUT2D eigenvalue weighted by Crippen LogP contribution is 2.59. The topological polar surface area (TPSA) is 63.4 Å². The van der Waals surface area contributed by atoms with Crippen molar-refractivity contribution in [1.29, 1.82) is 0 Å². The second-order valence-electron chi connectivity index (χ2n) is 6.15. The maximum absolute atomic E-state index is 13.9. The summed E-state index contributed by atoms with van der Waals surface area (Å²) in [7, 11) is 0. The minimum atomic E-state index is -7.62. The summed E-state index contributed by atoms with van der Waals surface area (Å²) in [6.45, 7) is 0.235. The van der Waals surface area contributed by atoms with Gasteiger partial charge in [-0.3, -0.25) is 10.1 Å². The second kappa shape index (κ2) is 6.95. The minimum absolute atomic E-state index is 0.235. The van der Waals surface area contributed by atoms with Crippen LogP contribution >= 0.6 is 0 Å². The molecule has 1 atom stereocenters. The molecule has 0 aliphatic rings. The normalized spacial score (nSPS) is 16.4. The number of rotatable bonds is 7. The molecule has 1 rings (SSSR count). The highest BCUT2D eigenvalue weighted by molar-refractivity contribution is 5.43. The summed E-state index contributed by atoms with van der Waals surface area (Å²) in [5.74, 6) is -28.9. The molecule has 0 aromatic heterocycles. The standard InChI is InChI=1S/C14H10F11NO3/c1-9(27,7-4-2-3-5-8(7)26(28)29)6-10(15,16)11(17,18)12(19,20)13(21,22)14(23,24)25/h2-5,27H,6H2,1H3. The number of benzene rings is 1. The van der Waals surface area contributed by atoms with Crippen LogP contribution in [-0.2, 0) is 5.60 Å². The summed E-state index contributed by atoms with van der Waals surface area (Å²) in [5.41, 5.74) is -5.62. The maximum Gasteiger partial charge on any atom is 0.460 e. The van der Waals surface area contributed by atoms with E-state index in [1.54, 1.807) is 0 Å².